The number of hydrogen-bond acceptors (Lipinski definition) is 4. The van der Waals surface area contributed by atoms with Crippen molar-refractivity contribution in [1.29, 1.82) is 0 Å². The molecule has 2 aromatic rings. The summed E-state index contributed by atoms with van der Waals surface area (Å²) in [5, 5.41) is 7.55. The second kappa shape index (κ2) is 10.4. The normalized spacial score (nSPS) is 11.6. The molecule has 0 spiro atoms. The van der Waals surface area contributed by atoms with Crippen LogP contribution in [0.25, 0.3) is 5.70 Å². The lowest BCUT2D eigenvalue weighted by atomic mass is 10.2. The van der Waals surface area contributed by atoms with Gasteiger partial charge in [0.15, 0.2) is 5.69 Å². The van der Waals surface area contributed by atoms with Crippen molar-refractivity contribution in [1.82, 2.24) is 9.78 Å². The zero-order chi connectivity index (χ0) is 21.6. The third-order valence-corrected chi connectivity index (χ3v) is 5.07. The van der Waals surface area contributed by atoms with Gasteiger partial charge in [-0.1, -0.05) is 41.9 Å². The van der Waals surface area contributed by atoms with Gasteiger partial charge in [-0.2, -0.15) is 5.10 Å². The van der Waals surface area contributed by atoms with Gasteiger partial charge in [0, 0.05) is 10.5 Å². The quantitative estimate of drug-likeness (QED) is 0.289. The number of hydrogen-bond donors (Lipinski definition) is 1. The summed E-state index contributed by atoms with van der Waals surface area (Å²) in [4.78, 5) is 24.9. The molecule has 0 aliphatic heterocycles. The highest BCUT2D eigenvalue weighted by Crippen LogP contribution is 2.30. The number of aromatic nitrogens is 2. The minimum atomic E-state index is -0.604. The Morgan fingerprint density at radius 3 is 2.66 bits per heavy atom. The lowest BCUT2D eigenvalue weighted by molar-refractivity contribution is 0.0519. The zero-order valence-corrected chi connectivity index (χ0v) is 18.8. The first-order chi connectivity index (χ1) is 13.8. The van der Waals surface area contributed by atoms with Gasteiger partial charge >= 0.3 is 5.97 Å². The molecule has 0 aliphatic carbocycles. The van der Waals surface area contributed by atoms with Crippen molar-refractivity contribution in [3.05, 3.63) is 74.9 Å². The maximum Gasteiger partial charge on any atom is 0.358 e. The molecule has 0 unspecified atom stereocenters. The molecule has 1 aromatic heterocycles. The van der Waals surface area contributed by atoms with Gasteiger partial charge in [-0.25, -0.2) is 9.48 Å². The summed E-state index contributed by atoms with van der Waals surface area (Å²) in [6, 6.07) is 4.40. The van der Waals surface area contributed by atoms with E-state index in [1.807, 2.05) is 6.92 Å². The number of benzene rings is 1. The first-order valence-corrected chi connectivity index (χ1v) is 10.1. The molecule has 0 saturated carbocycles. The van der Waals surface area contributed by atoms with Gasteiger partial charge in [0.25, 0.3) is 5.91 Å². The number of esters is 1. The van der Waals surface area contributed by atoms with Crippen LogP contribution in [0.2, 0.25) is 10.0 Å². The standard InChI is InChI=1S/C20H18BrCl2N3O3/c1-4-7-12(8-5-2)26-18(11-17(25-26)20(28)29-6-3)24-19(27)13-9-14(21)16(23)10-15(13)22/h4-5,7-11H,1,6H2,2-3H3,(H,24,27)/b8-5-,12-7+. The van der Waals surface area contributed by atoms with Gasteiger partial charge in [0.2, 0.25) is 0 Å². The summed E-state index contributed by atoms with van der Waals surface area (Å²) >= 11 is 15.4. The van der Waals surface area contributed by atoms with Crippen LogP contribution in [-0.2, 0) is 4.74 Å². The number of carbonyl (C=O) groups excluding carboxylic acids is 2. The molecule has 1 N–H and O–H groups in total. The highest BCUT2D eigenvalue weighted by molar-refractivity contribution is 9.10. The monoisotopic (exact) mass is 497 g/mol. The van der Waals surface area contributed by atoms with Crippen LogP contribution in [0.15, 0.2) is 53.6 Å². The number of allylic oxidation sites excluding steroid dienone is 5. The van der Waals surface area contributed by atoms with Gasteiger partial charge in [0.05, 0.1) is 27.9 Å². The molecule has 0 saturated heterocycles. The Morgan fingerprint density at radius 1 is 1.31 bits per heavy atom. The summed E-state index contributed by atoms with van der Waals surface area (Å²) in [5.74, 6) is -0.846. The number of anilines is 1. The molecule has 0 aliphatic rings. The molecule has 29 heavy (non-hydrogen) atoms. The number of nitrogens with zero attached hydrogens (tertiary/aromatic N) is 2. The molecule has 0 fully saturated rings. The van der Waals surface area contributed by atoms with Crippen LogP contribution < -0.4 is 5.32 Å². The second-order valence-electron chi connectivity index (χ2n) is 5.57. The molecule has 2 rings (SSSR count). The van der Waals surface area contributed by atoms with Crippen molar-refractivity contribution >= 4 is 62.5 Å². The highest BCUT2D eigenvalue weighted by Gasteiger charge is 2.20. The summed E-state index contributed by atoms with van der Waals surface area (Å²) in [7, 11) is 0. The van der Waals surface area contributed by atoms with E-state index in [-0.39, 0.29) is 28.7 Å². The van der Waals surface area contributed by atoms with Crippen LogP contribution in [0.3, 0.4) is 0 Å². The van der Waals surface area contributed by atoms with Crippen molar-refractivity contribution < 1.29 is 14.3 Å². The fraction of sp³-hybridized carbons (Fsp3) is 0.150. The lowest BCUT2D eigenvalue weighted by Crippen LogP contribution is -2.16. The van der Waals surface area contributed by atoms with Crippen LogP contribution >= 0.6 is 39.1 Å². The Morgan fingerprint density at radius 2 is 2.03 bits per heavy atom. The van der Waals surface area contributed by atoms with Gasteiger partial charge in [-0.15, -0.1) is 0 Å². The van der Waals surface area contributed by atoms with Crippen LogP contribution in [0.5, 0.6) is 0 Å². The van der Waals surface area contributed by atoms with E-state index in [4.69, 9.17) is 27.9 Å². The predicted octanol–water partition coefficient (Wildman–Crippen LogP) is 5.98. The Kier molecular flexibility index (Phi) is 8.25. The number of halogens is 3. The van der Waals surface area contributed by atoms with E-state index in [1.54, 1.807) is 31.2 Å². The van der Waals surface area contributed by atoms with Crippen molar-refractivity contribution in [2.45, 2.75) is 13.8 Å². The molecule has 1 amide bonds. The van der Waals surface area contributed by atoms with Crippen molar-refractivity contribution in [3.8, 4) is 0 Å². The largest absolute Gasteiger partial charge is 0.461 e. The third kappa shape index (κ3) is 5.59. The topological polar surface area (TPSA) is 73.2 Å². The molecule has 1 aromatic carbocycles. The van der Waals surface area contributed by atoms with Crippen LogP contribution in [-0.4, -0.2) is 28.3 Å². The number of amides is 1. The minimum Gasteiger partial charge on any atom is -0.461 e. The molecular formula is C20H18BrCl2N3O3. The average molecular weight is 499 g/mol. The Labute approximate surface area is 187 Å². The number of rotatable bonds is 7. The molecule has 0 bridgehead atoms. The Bertz CT molecular complexity index is 1010. The average Bonchev–Trinajstić information content (AvgIpc) is 3.08. The minimum absolute atomic E-state index is 0.0463. The van der Waals surface area contributed by atoms with E-state index < -0.39 is 11.9 Å². The number of carbonyl (C=O) groups is 2. The number of ether oxygens (including phenoxy) is 1. The fourth-order valence-electron chi connectivity index (χ4n) is 2.34. The van der Waals surface area contributed by atoms with E-state index in [1.165, 1.54) is 22.9 Å². The summed E-state index contributed by atoms with van der Waals surface area (Å²) in [6.45, 7) is 7.41. The Hall–Kier alpha value is -2.35. The highest BCUT2D eigenvalue weighted by atomic mass is 79.9. The molecule has 6 nitrogen and oxygen atoms in total. The van der Waals surface area contributed by atoms with Crippen molar-refractivity contribution in [2.75, 3.05) is 11.9 Å². The fourth-order valence-corrected chi connectivity index (χ4v) is 3.15. The van der Waals surface area contributed by atoms with E-state index in [9.17, 15) is 9.59 Å². The molecule has 1 heterocycles. The maximum absolute atomic E-state index is 12.8. The molecular weight excluding hydrogens is 481 g/mol. The Balaban J connectivity index is 2.51. The van der Waals surface area contributed by atoms with Gasteiger partial charge in [-0.05, 0) is 54.1 Å². The smallest absolute Gasteiger partial charge is 0.358 e. The predicted molar refractivity (Wildman–Crippen MR) is 120 cm³/mol. The SMILES string of the molecule is C=C/C=C(\C=C/C)n1nc(C(=O)OCC)cc1NC(=O)c1cc(Br)c(Cl)cc1Cl. The van der Waals surface area contributed by atoms with Gasteiger partial charge < -0.3 is 10.1 Å². The van der Waals surface area contributed by atoms with Crippen LogP contribution in [0.1, 0.15) is 34.7 Å². The van der Waals surface area contributed by atoms with Crippen LogP contribution in [0.4, 0.5) is 5.82 Å². The van der Waals surface area contributed by atoms with Gasteiger partial charge in [0.1, 0.15) is 5.82 Å². The number of nitrogens with one attached hydrogen (secondary N) is 1. The van der Waals surface area contributed by atoms with Crippen molar-refractivity contribution in [2.24, 2.45) is 0 Å². The second-order valence-corrected chi connectivity index (χ2v) is 7.24. The summed E-state index contributed by atoms with van der Waals surface area (Å²) in [5.41, 5.74) is 0.829. The molecule has 152 valence electrons. The maximum atomic E-state index is 12.8. The molecule has 0 radical (unpaired) electrons. The van der Waals surface area contributed by atoms with E-state index in [0.29, 0.717) is 15.2 Å². The summed E-state index contributed by atoms with van der Waals surface area (Å²) < 4.78 is 6.94. The molecule has 9 heteroatoms. The van der Waals surface area contributed by atoms with E-state index in [0.717, 1.165) is 0 Å². The first kappa shape index (κ1) is 22.9. The van der Waals surface area contributed by atoms with Gasteiger partial charge in [-0.3, -0.25) is 4.79 Å². The van der Waals surface area contributed by atoms with Crippen molar-refractivity contribution in [3.63, 3.8) is 0 Å². The third-order valence-electron chi connectivity index (χ3n) is 3.56. The zero-order valence-electron chi connectivity index (χ0n) is 15.7. The summed E-state index contributed by atoms with van der Waals surface area (Å²) in [6.07, 6.45) is 6.80. The van der Waals surface area contributed by atoms with Crippen LogP contribution in [0, 0.1) is 0 Å². The van der Waals surface area contributed by atoms with E-state index >= 15 is 0 Å². The first-order valence-electron chi connectivity index (χ1n) is 8.51. The lowest BCUT2D eigenvalue weighted by Gasteiger charge is -2.11. The van der Waals surface area contributed by atoms with E-state index in [2.05, 4.69) is 32.9 Å². The molecule has 0 atom stereocenters.